The Kier molecular flexibility index (Phi) is 13.3. The number of aliphatic imine (C=N–C) groups is 1. The Hall–Kier alpha value is -4.93. The van der Waals surface area contributed by atoms with E-state index in [-0.39, 0.29) is 37.5 Å². The van der Waals surface area contributed by atoms with Gasteiger partial charge in [0.25, 0.3) is 0 Å². The number of aliphatic carboxylic acids is 3. The van der Waals surface area contributed by atoms with Gasteiger partial charge >= 0.3 is 17.9 Å². The number of carbonyl (C=O) groups excluding carboxylic acids is 3. The van der Waals surface area contributed by atoms with Crippen molar-refractivity contribution in [3.05, 3.63) is 29.8 Å². The van der Waals surface area contributed by atoms with Gasteiger partial charge < -0.3 is 53.6 Å². The average molecular weight is 568 g/mol. The van der Waals surface area contributed by atoms with Gasteiger partial charge in [-0.25, -0.2) is 4.79 Å². The SMILES string of the molecule is NC(N)=NCCCC(NC(=O)C(CC(=O)O)NC(=O)C(N)CC(=O)O)C(=O)NC(Cc1ccc(O)cc1)C(=O)O. The number of benzene rings is 1. The number of hydrogen-bond acceptors (Lipinski definition) is 9. The number of hydrogen-bond donors (Lipinski definition) is 10. The molecule has 0 fully saturated rings. The van der Waals surface area contributed by atoms with Crippen LogP contribution >= 0.6 is 0 Å². The third-order valence-electron chi connectivity index (χ3n) is 5.31. The summed E-state index contributed by atoms with van der Waals surface area (Å²) in [5, 5.41) is 43.7. The van der Waals surface area contributed by atoms with E-state index in [2.05, 4.69) is 20.9 Å². The third-order valence-corrected chi connectivity index (χ3v) is 5.31. The molecule has 13 N–H and O–H groups in total. The number of carboxylic acids is 3. The minimum absolute atomic E-state index is 0.0389. The molecule has 0 radical (unpaired) electrons. The Morgan fingerprint density at radius 2 is 1.30 bits per heavy atom. The molecule has 1 aromatic rings. The largest absolute Gasteiger partial charge is 0.508 e. The molecule has 1 aromatic carbocycles. The summed E-state index contributed by atoms with van der Waals surface area (Å²) in [5.74, 6) is -7.74. The lowest BCUT2D eigenvalue weighted by Gasteiger charge is -2.24. The van der Waals surface area contributed by atoms with Gasteiger partial charge in [0.1, 0.15) is 23.9 Å². The Bertz CT molecular complexity index is 1110. The first kappa shape index (κ1) is 33.1. The first-order valence-corrected chi connectivity index (χ1v) is 11.9. The van der Waals surface area contributed by atoms with Crippen LogP contribution in [0.2, 0.25) is 0 Å². The molecule has 17 nitrogen and oxygen atoms in total. The van der Waals surface area contributed by atoms with Crippen LogP contribution in [0.5, 0.6) is 5.75 Å². The second-order valence-corrected chi connectivity index (χ2v) is 8.64. The molecule has 4 unspecified atom stereocenters. The van der Waals surface area contributed by atoms with E-state index < -0.39 is 72.6 Å². The van der Waals surface area contributed by atoms with Crippen molar-refractivity contribution < 1.29 is 49.2 Å². The highest BCUT2D eigenvalue weighted by Gasteiger charge is 2.31. The minimum Gasteiger partial charge on any atom is -0.508 e. The zero-order chi connectivity index (χ0) is 30.4. The fourth-order valence-corrected chi connectivity index (χ4v) is 3.33. The smallest absolute Gasteiger partial charge is 0.326 e. The summed E-state index contributed by atoms with van der Waals surface area (Å²) in [5.41, 5.74) is 16.5. The van der Waals surface area contributed by atoms with Gasteiger partial charge in [0.15, 0.2) is 5.96 Å². The highest BCUT2D eigenvalue weighted by molar-refractivity contribution is 5.96. The summed E-state index contributed by atoms with van der Waals surface area (Å²) in [7, 11) is 0. The fraction of sp³-hybridized carbons (Fsp3) is 0.435. The van der Waals surface area contributed by atoms with Crippen LogP contribution in [0.3, 0.4) is 0 Å². The quantitative estimate of drug-likeness (QED) is 0.0504. The van der Waals surface area contributed by atoms with Crippen LogP contribution in [0.4, 0.5) is 0 Å². The topological polar surface area (TPSA) is 310 Å². The molecule has 0 aliphatic heterocycles. The Labute approximate surface area is 227 Å². The Morgan fingerprint density at radius 1 is 0.775 bits per heavy atom. The fourth-order valence-electron chi connectivity index (χ4n) is 3.33. The van der Waals surface area contributed by atoms with Crippen LogP contribution < -0.4 is 33.2 Å². The van der Waals surface area contributed by atoms with Gasteiger partial charge in [0, 0.05) is 13.0 Å². The first-order chi connectivity index (χ1) is 18.7. The third kappa shape index (κ3) is 12.5. The average Bonchev–Trinajstić information content (AvgIpc) is 2.85. The van der Waals surface area contributed by atoms with E-state index in [0.29, 0.717) is 5.56 Å². The van der Waals surface area contributed by atoms with Crippen LogP contribution in [-0.2, 0) is 35.2 Å². The van der Waals surface area contributed by atoms with Crippen molar-refractivity contribution in [3.8, 4) is 5.75 Å². The van der Waals surface area contributed by atoms with Gasteiger partial charge in [-0.15, -0.1) is 0 Å². The maximum absolute atomic E-state index is 13.1. The number of amides is 3. The lowest BCUT2D eigenvalue weighted by atomic mass is 10.0. The van der Waals surface area contributed by atoms with E-state index >= 15 is 0 Å². The van der Waals surface area contributed by atoms with Crippen molar-refractivity contribution in [3.63, 3.8) is 0 Å². The summed E-state index contributed by atoms with van der Waals surface area (Å²) < 4.78 is 0. The van der Waals surface area contributed by atoms with Crippen LogP contribution in [0.1, 0.15) is 31.2 Å². The first-order valence-electron chi connectivity index (χ1n) is 11.9. The summed E-state index contributed by atoms with van der Waals surface area (Å²) in [4.78, 5) is 75.9. The number of rotatable bonds is 17. The zero-order valence-corrected chi connectivity index (χ0v) is 21.3. The number of carbonyl (C=O) groups is 6. The van der Waals surface area contributed by atoms with Crippen LogP contribution in [0.15, 0.2) is 29.3 Å². The number of nitrogens with two attached hydrogens (primary N) is 3. The number of carboxylic acid groups (broad SMARTS) is 3. The predicted octanol–water partition coefficient (Wildman–Crippen LogP) is -3.20. The van der Waals surface area contributed by atoms with Gasteiger partial charge in [-0.2, -0.15) is 0 Å². The predicted molar refractivity (Wildman–Crippen MR) is 138 cm³/mol. The van der Waals surface area contributed by atoms with Crippen molar-refractivity contribution >= 4 is 41.6 Å². The van der Waals surface area contributed by atoms with Gasteiger partial charge in [0.05, 0.1) is 18.9 Å². The summed E-state index contributed by atoms with van der Waals surface area (Å²) in [6, 6.07) is -0.604. The Balaban J connectivity index is 3.10. The standard InChI is InChI=1S/C23H33N7O10/c24-13(9-17(32)33)19(36)29-15(10-18(34)35)21(38)28-14(2-1-7-27-23(25)26)20(37)30-16(22(39)40)8-11-3-5-12(31)6-4-11/h3-6,13-16,31H,1-2,7-10,24H2,(H,28,38)(H,29,36)(H,30,37)(H,32,33)(H,34,35)(H,39,40)(H4,25,26,27). The molecular formula is C23H33N7O10. The van der Waals surface area contributed by atoms with E-state index in [0.717, 1.165) is 0 Å². The highest BCUT2D eigenvalue weighted by Crippen LogP contribution is 2.12. The van der Waals surface area contributed by atoms with Crippen LogP contribution in [-0.4, -0.2) is 92.7 Å². The molecule has 0 aliphatic rings. The number of aromatic hydroxyl groups is 1. The summed E-state index contributed by atoms with van der Waals surface area (Å²) in [6.07, 6.45) is -1.88. The molecule has 17 heteroatoms. The summed E-state index contributed by atoms with van der Waals surface area (Å²) >= 11 is 0. The van der Waals surface area contributed by atoms with E-state index in [1.807, 2.05) is 0 Å². The number of phenols is 1. The molecule has 0 saturated heterocycles. The number of guanidine groups is 1. The molecule has 0 saturated carbocycles. The lowest BCUT2D eigenvalue weighted by Crippen LogP contribution is -2.57. The van der Waals surface area contributed by atoms with Gasteiger partial charge in [-0.3, -0.25) is 29.0 Å². The minimum atomic E-state index is -1.75. The van der Waals surface area contributed by atoms with Crippen LogP contribution in [0.25, 0.3) is 0 Å². The van der Waals surface area contributed by atoms with E-state index in [4.69, 9.17) is 22.3 Å². The molecule has 220 valence electrons. The zero-order valence-electron chi connectivity index (χ0n) is 21.3. The molecular weight excluding hydrogens is 534 g/mol. The lowest BCUT2D eigenvalue weighted by molar-refractivity contribution is -0.143. The molecule has 0 heterocycles. The highest BCUT2D eigenvalue weighted by atomic mass is 16.4. The normalized spacial score (nSPS) is 13.5. The van der Waals surface area contributed by atoms with Gasteiger partial charge in [0.2, 0.25) is 17.7 Å². The van der Waals surface area contributed by atoms with Crippen molar-refractivity contribution in [2.45, 2.75) is 56.3 Å². The van der Waals surface area contributed by atoms with Crippen molar-refractivity contribution in [2.24, 2.45) is 22.2 Å². The molecule has 0 aliphatic carbocycles. The molecule has 0 bridgehead atoms. The molecule has 4 atom stereocenters. The van der Waals surface area contributed by atoms with E-state index in [9.17, 15) is 44.1 Å². The van der Waals surface area contributed by atoms with Crippen molar-refractivity contribution in [1.29, 1.82) is 0 Å². The maximum atomic E-state index is 13.1. The number of phenolic OH excluding ortho intramolecular Hbond substituents is 1. The van der Waals surface area contributed by atoms with Gasteiger partial charge in [-0.1, -0.05) is 12.1 Å². The van der Waals surface area contributed by atoms with E-state index in [1.165, 1.54) is 24.3 Å². The molecule has 3 amide bonds. The van der Waals surface area contributed by atoms with Crippen molar-refractivity contribution in [1.82, 2.24) is 16.0 Å². The van der Waals surface area contributed by atoms with E-state index in [1.54, 1.807) is 0 Å². The van der Waals surface area contributed by atoms with Crippen LogP contribution in [0, 0.1) is 0 Å². The second kappa shape index (κ2) is 16.1. The number of nitrogens with zero attached hydrogens (tertiary/aromatic N) is 1. The summed E-state index contributed by atoms with van der Waals surface area (Å²) in [6.45, 7) is 0.0389. The maximum Gasteiger partial charge on any atom is 0.326 e. The molecule has 1 rings (SSSR count). The molecule has 40 heavy (non-hydrogen) atoms. The van der Waals surface area contributed by atoms with Crippen molar-refractivity contribution in [2.75, 3.05) is 6.54 Å². The monoisotopic (exact) mass is 567 g/mol. The molecule has 0 spiro atoms. The number of nitrogens with one attached hydrogen (secondary N) is 3. The van der Waals surface area contributed by atoms with Gasteiger partial charge in [-0.05, 0) is 30.5 Å². The molecule has 0 aromatic heterocycles. The Morgan fingerprint density at radius 3 is 1.82 bits per heavy atom. The second-order valence-electron chi connectivity index (χ2n) is 8.64.